The predicted octanol–water partition coefficient (Wildman–Crippen LogP) is 1.88. The van der Waals surface area contributed by atoms with Gasteiger partial charge in [0.05, 0.1) is 7.11 Å². The SMILES string of the molecule is COC(=O)c1nc(-c2ccc(C)cn2)[nH]c1C. The quantitative estimate of drug-likeness (QED) is 0.801. The number of methoxy groups -OCH3 is 1. The number of aromatic amines is 1. The minimum absolute atomic E-state index is 0.296. The van der Waals surface area contributed by atoms with Crippen LogP contribution in [0, 0.1) is 13.8 Å². The fourth-order valence-corrected chi connectivity index (χ4v) is 1.49. The number of aryl methyl sites for hydroxylation is 2. The molecular weight excluding hydrogens is 218 g/mol. The van der Waals surface area contributed by atoms with Crippen molar-refractivity contribution in [1.82, 2.24) is 15.0 Å². The molecule has 2 rings (SSSR count). The Morgan fingerprint density at radius 3 is 2.71 bits per heavy atom. The Morgan fingerprint density at radius 1 is 1.35 bits per heavy atom. The van der Waals surface area contributed by atoms with Crippen LogP contribution in [-0.2, 0) is 4.74 Å². The maximum atomic E-state index is 11.4. The van der Waals surface area contributed by atoms with E-state index < -0.39 is 5.97 Å². The van der Waals surface area contributed by atoms with Crippen molar-refractivity contribution in [3.8, 4) is 11.5 Å². The third-order valence-electron chi connectivity index (χ3n) is 2.42. The van der Waals surface area contributed by atoms with Crippen LogP contribution in [0.25, 0.3) is 11.5 Å². The van der Waals surface area contributed by atoms with Gasteiger partial charge in [-0.1, -0.05) is 6.07 Å². The summed E-state index contributed by atoms with van der Waals surface area (Å²) in [5.41, 5.74) is 2.75. The first-order valence-corrected chi connectivity index (χ1v) is 5.19. The number of hydrogen-bond acceptors (Lipinski definition) is 4. The van der Waals surface area contributed by atoms with E-state index in [9.17, 15) is 4.79 Å². The van der Waals surface area contributed by atoms with Crippen molar-refractivity contribution in [2.75, 3.05) is 7.11 Å². The lowest BCUT2D eigenvalue weighted by atomic mass is 10.3. The number of carbonyl (C=O) groups is 1. The van der Waals surface area contributed by atoms with E-state index in [4.69, 9.17) is 0 Å². The molecule has 0 amide bonds. The van der Waals surface area contributed by atoms with Gasteiger partial charge in [0.1, 0.15) is 5.69 Å². The van der Waals surface area contributed by atoms with Gasteiger partial charge in [0.25, 0.3) is 0 Å². The number of ether oxygens (including phenoxy) is 1. The van der Waals surface area contributed by atoms with Crippen LogP contribution < -0.4 is 0 Å². The second kappa shape index (κ2) is 4.37. The zero-order chi connectivity index (χ0) is 12.4. The van der Waals surface area contributed by atoms with Crippen LogP contribution in [0.3, 0.4) is 0 Å². The molecule has 0 atom stereocenters. The van der Waals surface area contributed by atoms with Gasteiger partial charge >= 0.3 is 5.97 Å². The molecule has 5 nitrogen and oxygen atoms in total. The number of hydrogen-bond donors (Lipinski definition) is 1. The largest absolute Gasteiger partial charge is 0.464 e. The molecule has 0 fully saturated rings. The average molecular weight is 231 g/mol. The normalized spacial score (nSPS) is 10.3. The first-order chi connectivity index (χ1) is 8.11. The summed E-state index contributed by atoms with van der Waals surface area (Å²) < 4.78 is 4.64. The Morgan fingerprint density at radius 2 is 2.12 bits per heavy atom. The lowest BCUT2D eigenvalue weighted by molar-refractivity contribution is 0.0594. The highest BCUT2D eigenvalue weighted by Crippen LogP contribution is 2.16. The standard InChI is InChI=1S/C12H13N3O2/c1-7-4-5-9(13-6-7)11-14-8(2)10(15-11)12(16)17-3/h4-6H,1-3H3,(H,14,15). The van der Waals surface area contributed by atoms with E-state index in [0.717, 1.165) is 5.56 Å². The lowest BCUT2D eigenvalue weighted by Crippen LogP contribution is -2.03. The number of rotatable bonds is 2. The number of H-pyrrole nitrogens is 1. The van der Waals surface area contributed by atoms with Gasteiger partial charge in [-0.25, -0.2) is 9.78 Å². The molecule has 0 saturated heterocycles. The van der Waals surface area contributed by atoms with Gasteiger partial charge in [0, 0.05) is 11.9 Å². The highest BCUT2D eigenvalue weighted by Gasteiger charge is 2.16. The van der Waals surface area contributed by atoms with Crippen molar-refractivity contribution >= 4 is 5.97 Å². The predicted molar refractivity (Wildman–Crippen MR) is 62.6 cm³/mol. The topological polar surface area (TPSA) is 67.9 Å². The van der Waals surface area contributed by atoms with Gasteiger partial charge in [-0.05, 0) is 25.5 Å². The van der Waals surface area contributed by atoms with Crippen LogP contribution in [0.1, 0.15) is 21.7 Å². The Labute approximate surface area is 98.9 Å². The van der Waals surface area contributed by atoms with E-state index in [0.29, 0.717) is 22.9 Å². The number of aromatic nitrogens is 3. The van der Waals surface area contributed by atoms with Gasteiger partial charge in [0.2, 0.25) is 0 Å². The van der Waals surface area contributed by atoms with Crippen LogP contribution in [0.5, 0.6) is 0 Å². The molecule has 0 unspecified atom stereocenters. The summed E-state index contributed by atoms with van der Waals surface area (Å²) in [7, 11) is 1.33. The Bertz CT molecular complexity index is 543. The van der Waals surface area contributed by atoms with Crippen molar-refractivity contribution in [2.45, 2.75) is 13.8 Å². The molecule has 2 aromatic heterocycles. The molecule has 0 spiro atoms. The molecule has 88 valence electrons. The van der Waals surface area contributed by atoms with Gasteiger partial charge in [-0.2, -0.15) is 0 Å². The lowest BCUT2D eigenvalue weighted by Gasteiger charge is -1.96. The number of esters is 1. The first-order valence-electron chi connectivity index (χ1n) is 5.19. The zero-order valence-corrected chi connectivity index (χ0v) is 9.94. The van der Waals surface area contributed by atoms with Crippen molar-refractivity contribution < 1.29 is 9.53 Å². The number of nitrogens with one attached hydrogen (secondary N) is 1. The highest BCUT2D eigenvalue weighted by atomic mass is 16.5. The second-order valence-electron chi connectivity index (χ2n) is 3.77. The molecule has 17 heavy (non-hydrogen) atoms. The molecule has 0 aromatic carbocycles. The fraction of sp³-hybridized carbons (Fsp3) is 0.250. The maximum absolute atomic E-state index is 11.4. The van der Waals surface area contributed by atoms with Crippen LogP contribution in [0.2, 0.25) is 0 Å². The van der Waals surface area contributed by atoms with Gasteiger partial charge in [0.15, 0.2) is 11.5 Å². The van der Waals surface area contributed by atoms with E-state index in [2.05, 4.69) is 19.7 Å². The van der Waals surface area contributed by atoms with Gasteiger partial charge in [-0.3, -0.25) is 4.98 Å². The Kier molecular flexibility index (Phi) is 2.91. The average Bonchev–Trinajstić information content (AvgIpc) is 2.71. The smallest absolute Gasteiger partial charge is 0.358 e. The molecule has 0 radical (unpaired) electrons. The summed E-state index contributed by atoms with van der Waals surface area (Å²) in [5.74, 6) is 0.125. The van der Waals surface area contributed by atoms with Crippen LogP contribution in [0.15, 0.2) is 18.3 Å². The number of nitrogens with zero attached hydrogens (tertiary/aromatic N) is 2. The maximum Gasteiger partial charge on any atom is 0.358 e. The van der Waals surface area contributed by atoms with Crippen molar-refractivity contribution in [3.63, 3.8) is 0 Å². The fourth-order valence-electron chi connectivity index (χ4n) is 1.49. The van der Waals surface area contributed by atoms with Crippen LogP contribution in [0.4, 0.5) is 0 Å². The number of imidazole rings is 1. The molecule has 0 saturated carbocycles. The summed E-state index contributed by atoms with van der Waals surface area (Å²) in [6.07, 6.45) is 1.75. The molecule has 0 aliphatic rings. The molecule has 2 heterocycles. The Hall–Kier alpha value is -2.17. The van der Waals surface area contributed by atoms with E-state index >= 15 is 0 Å². The first kappa shape index (κ1) is 11.3. The molecule has 0 aliphatic carbocycles. The minimum Gasteiger partial charge on any atom is -0.464 e. The molecule has 2 aromatic rings. The second-order valence-corrected chi connectivity index (χ2v) is 3.77. The third-order valence-corrected chi connectivity index (χ3v) is 2.42. The monoisotopic (exact) mass is 231 g/mol. The summed E-state index contributed by atoms with van der Waals surface area (Å²) in [6, 6.07) is 3.80. The van der Waals surface area contributed by atoms with E-state index in [1.165, 1.54) is 7.11 Å². The van der Waals surface area contributed by atoms with Gasteiger partial charge < -0.3 is 9.72 Å². The van der Waals surface area contributed by atoms with Crippen molar-refractivity contribution in [2.24, 2.45) is 0 Å². The molecule has 0 aliphatic heterocycles. The van der Waals surface area contributed by atoms with Gasteiger partial charge in [-0.15, -0.1) is 0 Å². The van der Waals surface area contributed by atoms with Crippen molar-refractivity contribution in [3.05, 3.63) is 35.3 Å². The Balaban J connectivity index is 2.41. The summed E-state index contributed by atoms with van der Waals surface area (Å²) in [5, 5.41) is 0. The third kappa shape index (κ3) is 2.18. The molecule has 0 bridgehead atoms. The summed E-state index contributed by atoms with van der Waals surface area (Å²) >= 11 is 0. The highest BCUT2D eigenvalue weighted by molar-refractivity contribution is 5.89. The van der Waals surface area contributed by atoms with Crippen LogP contribution >= 0.6 is 0 Å². The minimum atomic E-state index is -0.447. The zero-order valence-electron chi connectivity index (χ0n) is 9.94. The summed E-state index contributed by atoms with van der Waals surface area (Å²) in [6.45, 7) is 3.74. The molecule has 5 heteroatoms. The van der Waals surface area contributed by atoms with E-state index in [-0.39, 0.29) is 0 Å². The summed E-state index contributed by atoms with van der Waals surface area (Å²) in [4.78, 5) is 22.9. The van der Waals surface area contributed by atoms with Crippen molar-refractivity contribution in [1.29, 1.82) is 0 Å². The molecular formula is C12H13N3O2. The van der Waals surface area contributed by atoms with E-state index in [1.54, 1.807) is 13.1 Å². The molecule has 1 N–H and O–H groups in total. The van der Waals surface area contributed by atoms with Crippen LogP contribution in [-0.4, -0.2) is 28.0 Å². The number of pyridine rings is 1. The van der Waals surface area contributed by atoms with E-state index in [1.807, 2.05) is 19.1 Å². The number of carbonyl (C=O) groups excluding carboxylic acids is 1.